The van der Waals surface area contributed by atoms with Crippen LogP contribution in [-0.4, -0.2) is 55.8 Å². The van der Waals surface area contributed by atoms with E-state index in [0.717, 1.165) is 36.4 Å². The van der Waals surface area contributed by atoms with Gasteiger partial charge in [-0.25, -0.2) is 0 Å². The molecule has 9 nitrogen and oxygen atoms in total. The number of carbonyl (C=O) groups excluding carboxylic acids is 2. The Bertz CT molecular complexity index is 1780. The number of aryl methyl sites for hydroxylation is 2. The second kappa shape index (κ2) is 12.2. The van der Waals surface area contributed by atoms with E-state index in [9.17, 15) is 14.7 Å². The molecule has 0 unspecified atom stereocenters. The van der Waals surface area contributed by atoms with Gasteiger partial charge in [0.1, 0.15) is 5.69 Å². The second-order valence-corrected chi connectivity index (χ2v) is 10.2. The van der Waals surface area contributed by atoms with Gasteiger partial charge in [0.05, 0.1) is 16.9 Å². The van der Waals surface area contributed by atoms with E-state index in [-0.39, 0.29) is 17.6 Å². The standard InChI is InChI=1S/C33H34N6O3/c1-5-39(6-2)20-22-10-13-25(14-11-22)34-19-28-27-15-12-24(18-29(27)36-32(28)41)31(40)23-8-7-9-26(17-23)35-33(42)30-16-21(3)37-38(30)4/h7-19,36,41H,5-6,20H2,1-4H3,(H,35,42). The first-order valence-electron chi connectivity index (χ1n) is 13.9. The molecule has 3 aromatic carbocycles. The number of carbonyl (C=O) groups is 2. The summed E-state index contributed by atoms with van der Waals surface area (Å²) in [5, 5.41) is 18.4. The van der Waals surface area contributed by atoms with Crippen LogP contribution in [0.3, 0.4) is 0 Å². The minimum atomic E-state index is -0.309. The van der Waals surface area contributed by atoms with Gasteiger partial charge in [-0.2, -0.15) is 5.10 Å². The smallest absolute Gasteiger partial charge is 0.273 e. The summed E-state index contributed by atoms with van der Waals surface area (Å²) in [5.74, 6) is -0.541. The van der Waals surface area contributed by atoms with Gasteiger partial charge in [0.25, 0.3) is 5.91 Å². The van der Waals surface area contributed by atoms with Crippen LogP contribution in [0.25, 0.3) is 10.9 Å². The largest absolute Gasteiger partial charge is 0.494 e. The van der Waals surface area contributed by atoms with Crippen molar-refractivity contribution in [1.82, 2.24) is 19.7 Å². The number of hydrogen-bond donors (Lipinski definition) is 3. The average Bonchev–Trinajstić information content (AvgIpc) is 3.50. The van der Waals surface area contributed by atoms with Crippen molar-refractivity contribution < 1.29 is 14.7 Å². The maximum atomic E-state index is 13.4. The Hall–Kier alpha value is -5.02. The molecule has 3 N–H and O–H groups in total. The van der Waals surface area contributed by atoms with Crippen molar-refractivity contribution in [2.45, 2.75) is 27.3 Å². The molecular formula is C33H34N6O3. The molecule has 0 atom stereocenters. The maximum absolute atomic E-state index is 13.4. The highest BCUT2D eigenvalue weighted by atomic mass is 16.3. The number of amides is 1. The highest BCUT2D eigenvalue weighted by Gasteiger charge is 2.16. The van der Waals surface area contributed by atoms with Gasteiger partial charge in [-0.3, -0.25) is 24.2 Å². The minimum Gasteiger partial charge on any atom is -0.494 e. The molecule has 0 fully saturated rings. The monoisotopic (exact) mass is 562 g/mol. The van der Waals surface area contributed by atoms with Crippen LogP contribution in [0.2, 0.25) is 0 Å². The Labute approximate surface area is 244 Å². The third kappa shape index (κ3) is 6.16. The number of nitrogens with one attached hydrogen (secondary N) is 2. The zero-order chi connectivity index (χ0) is 29.8. The van der Waals surface area contributed by atoms with Crippen LogP contribution in [0.1, 0.15) is 57.1 Å². The number of benzene rings is 3. The molecule has 0 spiro atoms. The van der Waals surface area contributed by atoms with Gasteiger partial charge in [0, 0.05) is 47.5 Å². The summed E-state index contributed by atoms with van der Waals surface area (Å²) >= 11 is 0. The molecular weight excluding hydrogens is 528 g/mol. The van der Waals surface area contributed by atoms with Crippen LogP contribution in [0, 0.1) is 6.92 Å². The molecule has 0 saturated heterocycles. The number of fused-ring (bicyclic) bond motifs is 1. The van der Waals surface area contributed by atoms with E-state index < -0.39 is 0 Å². The van der Waals surface area contributed by atoms with E-state index in [1.165, 1.54) is 10.2 Å². The van der Waals surface area contributed by atoms with E-state index in [1.807, 2.05) is 19.1 Å². The average molecular weight is 563 g/mol. The molecule has 42 heavy (non-hydrogen) atoms. The predicted octanol–water partition coefficient (Wildman–Crippen LogP) is 5.99. The lowest BCUT2D eigenvalue weighted by atomic mass is 10.0. The fourth-order valence-electron chi connectivity index (χ4n) is 4.93. The third-order valence-electron chi connectivity index (χ3n) is 7.28. The molecule has 5 rings (SSSR count). The first-order chi connectivity index (χ1) is 20.2. The van der Waals surface area contributed by atoms with Crippen LogP contribution in [0.15, 0.2) is 77.8 Å². The van der Waals surface area contributed by atoms with Crippen LogP contribution >= 0.6 is 0 Å². The van der Waals surface area contributed by atoms with E-state index in [2.05, 4.69) is 51.3 Å². The quantitative estimate of drug-likeness (QED) is 0.143. The first-order valence-corrected chi connectivity index (χ1v) is 13.9. The number of aromatic nitrogens is 3. The van der Waals surface area contributed by atoms with E-state index in [0.29, 0.717) is 33.6 Å². The van der Waals surface area contributed by atoms with Gasteiger partial charge < -0.3 is 15.4 Å². The van der Waals surface area contributed by atoms with Crippen LogP contribution < -0.4 is 5.32 Å². The number of aliphatic imine (C=N–C) groups is 1. The molecule has 2 heterocycles. The van der Waals surface area contributed by atoms with E-state index in [4.69, 9.17) is 0 Å². The van der Waals surface area contributed by atoms with Crippen molar-refractivity contribution in [2.75, 3.05) is 18.4 Å². The van der Waals surface area contributed by atoms with Crippen molar-refractivity contribution >= 4 is 40.2 Å². The van der Waals surface area contributed by atoms with Crippen molar-refractivity contribution in [2.24, 2.45) is 12.0 Å². The molecule has 9 heteroatoms. The summed E-state index contributed by atoms with van der Waals surface area (Å²) in [6.07, 6.45) is 1.63. The number of aromatic amines is 1. The van der Waals surface area contributed by atoms with Gasteiger partial charge in [-0.05, 0) is 62.0 Å². The molecule has 5 aromatic rings. The number of anilines is 1. The zero-order valence-corrected chi connectivity index (χ0v) is 24.2. The zero-order valence-electron chi connectivity index (χ0n) is 24.2. The number of rotatable bonds is 10. The van der Waals surface area contributed by atoms with Crippen LogP contribution in [0.5, 0.6) is 5.88 Å². The van der Waals surface area contributed by atoms with Gasteiger partial charge >= 0.3 is 0 Å². The summed E-state index contributed by atoms with van der Waals surface area (Å²) in [6.45, 7) is 9.02. The molecule has 1 amide bonds. The Morgan fingerprint density at radius 3 is 2.45 bits per heavy atom. The first kappa shape index (κ1) is 28.5. The Morgan fingerprint density at radius 2 is 1.76 bits per heavy atom. The van der Waals surface area contributed by atoms with E-state index in [1.54, 1.807) is 61.8 Å². The lowest BCUT2D eigenvalue weighted by molar-refractivity contribution is 0.101. The molecule has 0 radical (unpaired) electrons. The molecule has 0 aliphatic heterocycles. The third-order valence-corrected chi connectivity index (χ3v) is 7.28. The normalized spacial score (nSPS) is 11.5. The van der Waals surface area contributed by atoms with Gasteiger partial charge in [0.2, 0.25) is 0 Å². The number of hydrogen-bond acceptors (Lipinski definition) is 6. The number of nitrogens with zero attached hydrogens (tertiary/aromatic N) is 4. The Kier molecular flexibility index (Phi) is 8.31. The topological polar surface area (TPSA) is 116 Å². The summed E-state index contributed by atoms with van der Waals surface area (Å²) < 4.78 is 1.52. The van der Waals surface area contributed by atoms with E-state index >= 15 is 0 Å². The lowest BCUT2D eigenvalue weighted by Gasteiger charge is -2.17. The van der Waals surface area contributed by atoms with Crippen LogP contribution in [-0.2, 0) is 13.6 Å². The van der Waals surface area contributed by atoms with Gasteiger partial charge in [0.15, 0.2) is 11.7 Å². The summed E-state index contributed by atoms with van der Waals surface area (Å²) in [4.78, 5) is 35.9. The van der Waals surface area contributed by atoms with Gasteiger partial charge in [-0.1, -0.05) is 50.2 Å². The number of H-pyrrole nitrogens is 1. The maximum Gasteiger partial charge on any atom is 0.273 e. The molecule has 214 valence electrons. The molecule has 0 aliphatic carbocycles. The predicted molar refractivity (Wildman–Crippen MR) is 166 cm³/mol. The van der Waals surface area contributed by atoms with Crippen molar-refractivity contribution in [1.29, 1.82) is 0 Å². The fourth-order valence-corrected chi connectivity index (χ4v) is 4.93. The Balaban J connectivity index is 1.32. The second-order valence-electron chi connectivity index (χ2n) is 10.2. The number of ketones is 1. The minimum absolute atomic E-state index is 0.0217. The van der Waals surface area contributed by atoms with Gasteiger partial charge in [-0.15, -0.1) is 0 Å². The molecule has 0 bridgehead atoms. The molecule has 2 aromatic heterocycles. The summed E-state index contributed by atoms with van der Waals surface area (Å²) in [6, 6.07) is 21.8. The van der Waals surface area contributed by atoms with Crippen molar-refractivity contribution in [3.05, 3.63) is 106 Å². The molecule has 0 saturated carbocycles. The highest BCUT2D eigenvalue weighted by molar-refractivity contribution is 6.13. The lowest BCUT2D eigenvalue weighted by Crippen LogP contribution is -2.21. The highest BCUT2D eigenvalue weighted by Crippen LogP contribution is 2.28. The van der Waals surface area contributed by atoms with Crippen molar-refractivity contribution in [3.63, 3.8) is 0 Å². The van der Waals surface area contributed by atoms with Crippen LogP contribution in [0.4, 0.5) is 11.4 Å². The van der Waals surface area contributed by atoms with Crippen molar-refractivity contribution in [3.8, 4) is 5.88 Å². The number of aromatic hydroxyl groups is 1. The Morgan fingerprint density at radius 1 is 1.02 bits per heavy atom. The fraction of sp³-hybridized carbons (Fsp3) is 0.212. The molecule has 0 aliphatic rings. The summed E-state index contributed by atoms with van der Waals surface area (Å²) in [7, 11) is 1.71. The summed E-state index contributed by atoms with van der Waals surface area (Å²) in [5.41, 5.74) is 5.71. The SMILES string of the molecule is CCN(CC)Cc1ccc(N=Cc2c(O)[nH]c3cc(C(=O)c4cccc(NC(=O)c5cc(C)nn5C)c4)ccc23)cc1.